The van der Waals surface area contributed by atoms with Gasteiger partial charge < -0.3 is 0 Å². The van der Waals surface area contributed by atoms with Crippen LogP contribution >= 0.6 is 0 Å². The Balaban J connectivity index is 1.59. The van der Waals surface area contributed by atoms with Crippen LogP contribution < -0.4 is 10.5 Å². The molecule has 5 nitrogen and oxygen atoms in total. The minimum Gasteiger partial charge on any atom is -0.298 e. The minimum atomic E-state index is 0.0921. The van der Waals surface area contributed by atoms with Crippen molar-refractivity contribution in [1.82, 2.24) is 14.5 Å². The molecule has 0 atom stereocenters. The van der Waals surface area contributed by atoms with Gasteiger partial charge in [0.15, 0.2) is 0 Å². The fourth-order valence-corrected chi connectivity index (χ4v) is 5.16. The summed E-state index contributed by atoms with van der Waals surface area (Å²) in [5.74, 6) is 0.766. The van der Waals surface area contributed by atoms with Crippen LogP contribution in [0.15, 0.2) is 59.4 Å². The first-order chi connectivity index (χ1) is 15.6. The zero-order valence-electron chi connectivity index (χ0n) is 19.1. The number of nitrogens with zero attached hydrogens (tertiary/aromatic N) is 4. The first-order valence-electron chi connectivity index (χ1n) is 11.8. The van der Waals surface area contributed by atoms with E-state index < -0.39 is 0 Å². The lowest BCUT2D eigenvalue weighted by Crippen LogP contribution is -2.52. The van der Waals surface area contributed by atoms with Crippen LogP contribution in [-0.4, -0.2) is 27.2 Å². The van der Waals surface area contributed by atoms with Gasteiger partial charge in [-0.1, -0.05) is 61.7 Å². The number of hydrogen-bond donors (Lipinski definition) is 0. The molecule has 0 spiro atoms. The molecule has 3 aromatic rings. The van der Waals surface area contributed by atoms with E-state index in [4.69, 9.17) is 4.98 Å². The van der Waals surface area contributed by atoms with Crippen LogP contribution in [0.2, 0.25) is 0 Å². The third kappa shape index (κ3) is 4.09. The van der Waals surface area contributed by atoms with Gasteiger partial charge in [-0.3, -0.25) is 19.2 Å². The summed E-state index contributed by atoms with van der Waals surface area (Å²) in [6, 6.07) is 19.3. The molecule has 5 heteroatoms. The molecule has 0 saturated heterocycles. The van der Waals surface area contributed by atoms with E-state index >= 15 is 0 Å². The van der Waals surface area contributed by atoms with E-state index in [1.54, 1.807) is 0 Å². The Morgan fingerprint density at radius 1 is 0.938 bits per heavy atom. The lowest BCUT2D eigenvalue weighted by Gasteiger charge is -2.43. The average Bonchev–Trinajstić information content (AvgIpc) is 2.82. The van der Waals surface area contributed by atoms with Crippen LogP contribution in [0.1, 0.15) is 54.5 Å². The number of aryl methyl sites for hydroxylation is 2. The fourth-order valence-electron chi connectivity index (χ4n) is 5.16. The van der Waals surface area contributed by atoms with E-state index in [2.05, 4.69) is 53.1 Å². The number of anilines is 2. The molecular weight excluding hydrogens is 396 g/mol. The van der Waals surface area contributed by atoms with Gasteiger partial charge in [0.2, 0.25) is 5.95 Å². The molecule has 1 aliphatic heterocycles. The number of fused-ring (bicyclic) bond motifs is 1. The second-order valence-electron chi connectivity index (χ2n) is 9.30. The Kier molecular flexibility index (Phi) is 5.83. The lowest BCUT2D eigenvalue weighted by molar-refractivity contribution is 0.107. The third-order valence-corrected chi connectivity index (χ3v) is 6.96. The molecular formula is C27H32N4O. The van der Waals surface area contributed by atoms with E-state index in [-0.39, 0.29) is 5.56 Å². The Labute approximate surface area is 190 Å². The summed E-state index contributed by atoms with van der Waals surface area (Å²) in [7, 11) is 0. The molecule has 0 amide bonds. The van der Waals surface area contributed by atoms with E-state index in [1.165, 1.54) is 37.7 Å². The molecule has 1 aromatic heterocycles. The Morgan fingerprint density at radius 3 is 2.47 bits per heavy atom. The number of aromatic nitrogens is 2. The highest BCUT2D eigenvalue weighted by atomic mass is 16.1. The van der Waals surface area contributed by atoms with Gasteiger partial charge in [-0.25, -0.2) is 4.98 Å². The molecule has 0 unspecified atom stereocenters. The van der Waals surface area contributed by atoms with Crippen molar-refractivity contribution in [3.63, 3.8) is 0 Å². The van der Waals surface area contributed by atoms with Crippen LogP contribution in [0.3, 0.4) is 0 Å². The summed E-state index contributed by atoms with van der Waals surface area (Å²) in [6.07, 6.45) is 6.92. The highest BCUT2D eigenvalue weighted by molar-refractivity contribution is 5.59. The second-order valence-corrected chi connectivity index (χ2v) is 9.30. The molecule has 2 aromatic carbocycles. The molecule has 1 saturated carbocycles. The average molecular weight is 429 g/mol. The molecule has 1 fully saturated rings. The van der Waals surface area contributed by atoms with Gasteiger partial charge in [-0.05, 0) is 49.9 Å². The minimum absolute atomic E-state index is 0.0921. The van der Waals surface area contributed by atoms with Crippen molar-refractivity contribution in [2.45, 2.75) is 65.1 Å². The maximum atomic E-state index is 13.8. The predicted molar refractivity (Wildman–Crippen MR) is 129 cm³/mol. The molecule has 1 aliphatic carbocycles. The van der Waals surface area contributed by atoms with Crippen LogP contribution in [0, 0.1) is 13.8 Å². The maximum absolute atomic E-state index is 13.8. The summed E-state index contributed by atoms with van der Waals surface area (Å²) < 4.78 is 1.91. The van der Waals surface area contributed by atoms with E-state index in [0.29, 0.717) is 19.1 Å². The number of rotatable bonds is 4. The molecule has 166 valence electrons. The topological polar surface area (TPSA) is 41.4 Å². The fraction of sp³-hybridized carbons (Fsp3) is 0.407. The number of hydrogen-bond acceptors (Lipinski definition) is 4. The Bertz CT molecular complexity index is 1150. The molecule has 0 bridgehead atoms. The van der Waals surface area contributed by atoms with Crippen molar-refractivity contribution in [3.8, 4) is 0 Å². The quantitative estimate of drug-likeness (QED) is 0.576. The highest BCUT2D eigenvalue weighted by Gasteiger charge is 2.32. The monoisotopic (exact) mass is 428 g/mol. The van der Waals surface area contributed by atoms with Gasteiger partial charge in [-0.2, -0.15) is 0 Å². The van der Waals surface area contributed by atoms with Gasteiger partial charge in [0.05, 0.1) is 19.0 Å². The molecule has 32 heavy (non-hydrogen) atoms. The van der Waals surface area contributed by atoms with Crippen molar-refractivity contribution < 1.29 is 0 Å². The largest absolute Gasteiger partial charge is 0.298 e. The van der Waals surface area contributed by atoms with Gasteiger partial charge in [0.25, 0.3) is 5.56 Å². The lowest BCUT2D eigenvalue weighted by atomic mass is 9.94. The summed E-state index contributed by atoms with van der Waals surface area (Å²) in [5.41, 5.74) is 5.17. The third-order valence-electron chi connectivity index (χ3n) is 6.96. The molecule has 0 radical (unpaired) electrons. The second kappa shape index (κ2) is 8.91. The Hall–Kier alpha value is -2.92. The van der Waals surface area contributed by atoms with Crippen LogP contribution in [0.4, 0.5) is 11.6 Å². The van der Waals surface area contributed by atoms with Gasteiger partial charge in [0, 0.05) is 23.7 Å². The van der Waals surface area contributed by atoms with Crippen LogP contribution in [-0.2, 0) is 13.1 Å². The predicted octanol–water partition coefficient (Wildman–Crippen LogP) is 5.15. The van der Waals surface area contributed by atoms with Crippen molar-refractivity contribution >= 4 is 11.6 Å². The highest BCUT2D eigenvalue weighted by Crippen LogP contribution is 2.32. The first kappa shape index (κ1) is 21.0. The van der Waals surface area contributed by atoms with Crippen molar-refractivity contribution in [2.75, 3.05) is 11.6 Å². The Morgan fingerprint density at radius 2 is 1.72 bits per heavy atom. The first-order valence-corrected chi connectivity index (χ1v) is 11.8. The van der Waals surface area contributed by atoms with E-state index in [0.717, 1.165) is 35.1 Å². The summed E-state index contributed by atoms with van der Waals surface area (Å²) in [4.78, 5) is 23.5. The molecule has 5 rings (SSSR count). The van der Waals surface area contributed by atoms with Gasteiger partial charge >= 0.3 is 0 Å². The van der Waals surface area contributed by atoms with Gasteiger partial charge in [0.1, 0.15) is 0 Å². The van der Waals surface area contributed by atoms with Crippen molar-refractivity contribution in [1.29, 1.82) is 0 Å². The smallest absolute Gasteiger partial charge is 0.259 e. The summed E-state index contributed by atoms with van der Waals surface area (Å²) in [5, 5.41) is 0. The molecule has 2 aliphatic rings. The SMILES string of the molecule is Cc1cccc(N2CN(C3CCCCC3)Cn3c2nc(C)c(Cc2ccccc2)c3=O)c1. The van der Waals surface area contributed by atoms with E-state index in [9.17, 15) is 4.79 Å². The van der Waals surface area contributed by atoms with E-state index in [1.807, 2.05) is 29.7 Å². The van der Waals surface area contributed by atoms with Crippen molar-refractivity contribution in [2.24, 2.45) is 0 Å². The number of benzene rings is 2. The zero-order chi connectivity index (χ0) is 22.1. The van der Waals surface area contributed by atoms with Crippen LogP contribution in [0.5, 0.6) is 0 Å². The molecule has 2 heterocycles. The zero-order valence-corrected chi connectivity index (χ0v) is 19.1. The maximum Gasteiger partial charge on any atom is 0.259 e. The van der Waals surface area contributed by atoms with Crippen molar-refractivity contribution in [3.05, 3.63) is 87.3 Å². The van der Waals surface area contributed by atoms with Crippen LogP contribution in [0.25, 0.3) is 0 Å². The van der Waals surface area contributed by atoms with Gasteiger partial charge in [-0.15, -0.1) is 0 Å². The standard InChI is InChI=1S/C27H32N4O/c1-20-10-9-15-24(16-20)30-18-29(23-13-7-4-8-14-23)19-31-26(32)25(21(2)28-27(30)31)17-22-11-5-3-6-12-22/h3,5-6,9-12,15-16,23H,4,7-8,13-14,17-19H2,1-2H3. The molecule has 0 N–H and O–H groups in total. The normalized spacial score (nSPS) is 17.4. The summed E-state index contributed by atoms with van der Waals surface area (Å²) in [6.45, 7) is 5.48. The summed E-state index contributed by atoms with van der Waals surface area (Å²) >= 11 is 0.